The first-order chi connectivity index (χ1) is 7.86. The standard InChI is InChI=1S/C13H18N2S/c1-3-13-14-11-7-5-6-8-12(11)15(13)9-10-16-4-2/h5-8H,3-4,9-10H2,1-2H3. The Labute approximate surface area is 101 Å². The molecule has 0 N–H and O–H groups in total. The first kappa shape index (κ1) is 11.5. The molecule has 0 aliphatic rings. The summed E-state index contributed by atoms with van der Waals surface area (Å²) < 4.78 is 2.36. The maximum Gasteiger partial charge on any atom is 0.109 e. The maximum absolute atomic E-state index is 4.66. The number of fused-ring (bicyclic) bond motifs is 1. The van der Waals surface area contributed by atoms with Gasteiger partial charge in [0.2, 0.25) is 0 Å². The zero-order chi connectivity index (χ0) is 11.4. The van der Waals surface area contributed by atoms with E-state index in [0.717, 1.165) is 18.5 Å². The topological polar surface area (TPSA) is 17.8 Å². The van der Waals surface area contributed by atoms with Crippen molar-refractivity contribution >= 4 is 22.8 Å². The van der Waals surface area contributed by atoms with Gasteiger partial charge in [-0.25, -0.2) is 4.98 Å². The number of imidazole rings is 1. The van der Waals surface area contributed by atoms with Crippen LogP contribution in [0, 0.1) is 0 Å². The van der Waals surface area contributed by atoms with Crippen molar-refractivity contribution in [2.24, 2.45) is 0 Å². The first-order valence-corrected chi connectivity index (χ1v) is 7.04. The SMILES string of the molecule is CCSCCn1c(CC)nc2ccccc21. The Morgan fingerprint density at radius 1 is 1.25 bits per heavy atom. The third kappa shape index (κ3) is 2.24. The fraction of sp³-hybridized carbons (Fsp3) is 0.462. The second kappa shape index (κ2) is 5.39. The van der Waals surface area contributed by atoms with Gasteiger partial charge in [0.15, 0.2) is 0 Å². The lowest BCUT2D eigenvalue weighted by Gasteiger charge is -2.07. The lowest BCUT2D eigenvalue weighted by Crippen LogP contribution is -2.05. The molecule has 0 amide bonds. The second-order valence-electron chi connectivity index (χ2n) is 3.72. The van der Waals surface area contributed by atoms with E-state index in [1.165, 1.54) is 22.8 Å². The molecule has 1 aromatic carbocycles. The van der Waals surface area contributed by atoms with Crippen molar-refractivity contribution in [3.05, 3.63) is 30.1 Å². The van der Waals surface area contributed by atoms with Crippen LogP contribution >= 0.6 is 11.8 Å². The van der Waals surface area contributed by atoms with Gasteiger partial charge in [-0.2, -0.15) is 11.8 Å². The minimum atomic E-state index is 1.01. The molecule has 2 rings (SSSR count). The smallest absolute Gasteiger partial charge is 0.109 e. The molecule has 0 spiro atoms. The Hall–Kier alpha value is -0.960. The predicted molar refractivity (Wildman–Crippen MR) is 72.1 cm³/mol. The van der Waals surface area contributed by atoms with Crippen molar-refractivity contribution < 1.29 is 0 Å². The highest BCUT2D eigenvalue weighted by atomic mass is 32.2. The predicted octanol–water partition coefficient (Wildman–Crippen LogP) is 3.35. The summed E-state index contributed by atoms with van der Waals surface area (Å²) in [7, 11) is 0. The molecule has 0 fully saturated rings. The van der Waals surface area contributed by atoms with Gasteiger partial charge in [0.25, 0.3) is 0 Å². The number of nitrogens with zero attached hydrogens (tertiary/aromatic N) is 2. The van der Waals surface area contributed by atoms with E-state index in [1.807, 2.05) is 11.8 Å². The van der Waals surface area contributed by atoms with Gasteiger partial charge in [-0.15, -0.1) is 0 Å². The highest BCUT2D eigenvalue weighted by Gasteiger charge is 2.07. The average Bonchev–Trinajstić information content (AvgIpc) is 2.68. The summed E-state index contributed by atoms with van der Waals surface area (Å²) in [6.07, 6.45) is 1.01. The van der Waals surface area contributed by atoms with Crippen molar-refractivity contribution in [2.45, 2.75) is 26.8 Å². The molecule has 0 aliphatic heterocycles. The van der Waals surface area contributed by atoms with E-state index in [1.54, 1.807) is 0 Å². The van der Waals surface area contributed by atoms with Gasteiger partial charge in [-0.1, -0.05) is 26.0 Å². The number of aryl methyl sites for hydroxylation is 2. The molecule has 0 saturated heterocycles. The van der Waals surface area contributed by atoms with Crippen LogP contribution in [0.25, 0.3) is 11.0 Å². The van der Waals surface area contributed by atoms with Crippen LogP contribution in [0.4, 0.5) is 0 Å². The van der Waals surface area contributed by atoms with E-state index in [-0.39, 0.29) is 0 Å². The van der Waals surface area contributed by atoms with Gasteiger partial charge in [-0.05, 0) is 17.9 Å². The number of para-hydroxylation sites is 2. The van der Waals surface area contributed by atoms with Gasteiger partial charge < -0.3 is 4.57 Å². The number of aromatic nitrogens is 2. The third-order valence-electron chi connectivity index (χ3n) is 2.71. The quantitative estimate of drug-likeness (QED) is 0.738. The minimum Gasteiger partial charge on any atom is -0.327 e. The molecule has 0 atom stereocenters. The molecule has 0 saturated carbocycles. The monoisotopic (exact) mass is 234 g/mol. The van der Waals surface area contributed by atoms with Crippen molar-refractivity contribution in [2.75, 3.05) is 11.5 Å². The number of thioether (sulfide) groups is 1. The molecule has 0 unspecified atom stereocenters. The molecule has 3 heteroatoms. The van der Waals surface area contributed by atoms with Crippen LogP contribution in [0.3, 0.4) is 0 Å². The largest absolute Gasteiger partial charge is 0.327 e. The number of hydrogen-bond donors (Lipinski definition) is 0. The van der Waals surface area contributed by atoms with E-state index >= 15 is 0 Å². The maximum atomic E-state index is 4.66. The summed E-state index contributed by atoms with van der Waals surface area (Å²) in [6.45, 7) is 5.45. The van der Waals surface area contributed by atoms with Crippen molar-refractivity contribution in [3.8, 4) is 0 Å². The number of benzene rings is 1. The van der Waals surface area contributed by atoms with Crippen LogP contribution in [0.2, 0.25) is 0 Å². The Bertz CT molecular complexity index is 462. The van der Waals surface area contributed by atoms with E-state index in [9.17, 15) is 0 Å². The van der Waals surface area contributed by atoms with Crippen LogP contribution in [-0.4, -0.2) is 21.1 Å². The lowest BCUT2D eigenvalue weighted by atomic mass is 10.3. The summed E-state index contributed by atoms with van der Waals surface area (Å²) in [5, 5.41) is 0. The minimum absolute atomic E-state index is 1.01. The Balaban J connectivity index is 2.32. The fourth-order valence-electron chi connectivity index (χ4n) is 1.94. The summed E-state index contributed by atoms with van der Waals surface area (Å²) in [5.74, 6) is 3.57. The zero-order valence-electron chi connectivity index (χ0n) is 9.94. The molecule has 2 aromatic rings. The molecule has 2 nitrogen and oxygen atoms in total. The normalized spacial score (nSPS) is 11.1. The zero-order valence-corrected chi connectivity index (χ0v) is 10.8. The third-order valence-corrected chi connectivity index (χ3v) is 3.59. The summed E-state index contributed by atoms with van der Waals surface area (Å²) >= 11 is 1.99. The molecular formula is C13H18N2S. The van der Waals surface area contributed by atoms with Crippen molar-refractivity contribution in [3.63, 3.8) is 0 Å². The molecule has 0 radical (unpaired) electrons. The highest BCUT2D eigenvalue weighted by molar-refractivity contribution is 7.99. The Kier molecular flexibility index (Phi) is 3.88. The van der Waals surface area contributed by atoms with Gasteiger partial charge in [-0.3, -0.25) is 0 Å². The van der Waals surface area contributed by atoms with Crippen LogP contribution in [0.1, 0.15) is 19.7 Å². The second-order valence-corrected chi connectivity index (χ2v) is 5.11. The fourth-order valence-corrected chi connectivity index (χ4v) is 2.55. The number of hydrogen-bond acceptors (Lipinski definition) is 2. The van der Waals surface area contributed by atoms with Crippen LogP contribution in [-0.2, 0) is 13.0 Å². The van der Waals surface area contributed by atoms with E-state index < -0.39 is 0 Å². The van der Waals surface area contributed by atoms with Crippen LogP contribution in [0.5, 0.6) is 0 Å². The van der Waals surface area contributed by atoms with Crippen molar-refractivity contribution in [1.29, 1.82) is 0 Å². The number of rotatable bonds is 5. The van der Waals surface area contributed by atoms with Gasteiger partial charge in [0.05, 0.1) is 11.0 Å². The Morgan fingerprint density at radius 3 is 2.81 bits per heavy atom. The average molecular weight is 234 g/mol. The summed E-state index contributed by atoms with van der Waals surface area (Å²) in [5.41, 5.74) is 2.40. The molecule has 86 valence electrons. The lowest BCUT2D eigenvalue weighted by molar-refractivity contribution is 0.733. The van der Waals surface area contributed by atoms with E-state index in [4.69, 9.17) is 0 Å². The van der Waals surface area contributed by atoms with Crippen LogP contribution in [0.15, 0.2) is 24.3 Å². The van der Waals surface area contributed by atoms with Gasteiger partial charge in [0, 0.05) is 18.7 Å². The molecule has 16 heavy (non-hydrogen) atoms. The first-order valence-electron chi connectivity index (χ1n) is 5.88. The molecular weight excluding hydrogens is 216 g/mol. The van der Waals surface area contributed by atoms with Gasteiger partial charge in [0.1, 0.15) is 5.82 Å². The molecule has 0 aliphatic carbocycles. The van der Waals surface area contributed by atoms with E-state index in [2.05, 4.69) is 47.7 Å². The summed E-state index contributed by atoms with van der Waals surface area (Å²) in [4.78, 5) is 4.66. The van der Waals surface area contributed by atoms with Gasteiger partial charge >= 0.3 is 0 Å². The molecule has 1 heterocycles. The Morgan fingerprint density at radius 2 is 2.06 bits per heavy atom. The highest BCUT2D eigenvalue weighted by Crippen LogP contribution is 2.17. The molecule has 0 bridgehead atoms. The van der Waals surface area contributed by atoms with Crippen molar-refractivity contribution in [1.82, 2.24) is 9.55 Å². The van der Waals surface area contributed by atoms with E-state index in [0.29, 0.717) is 0 Å². The summed E-state index contributed by atoms with van der Waals surface area (Å²) in [6, 6.07) is 8.41. The molecule has 1 aromatic heterocycles. The van der Waals surface area contributed by atoms with Crippen LogP contribution < -0.4 is 0 Å².